The zero-order valence-electron chi connectivity index (χ0n) is 9.87. The van der Waals surface area contributed by atoms with Gasteiger partial charge in [0.2, 0.25) is 0 Å². The molecular formula is C13H15FO3. The predicted molar refractivity (Wildman–Crippen MR) is 61.4 cm³/mol. The zero-order valence-corrected chi connectivity index (χ0v) is 9.87. The quantitative estimate of drug-likeness (QED) is 0.802. The maximum absolute atomic E-state index is 12.7. The Kier molecular flexibility index (Phi) is 3.99. The molecule has 0 bridgehead atoms. The number of benzene rings is 1. The molecule has 0 saturated heterocycles. The van der Waals surface area contributed by atoms with Gasteiger partial charge < -0.3 is 5.11 Å². The number of Topliss-reactive ketones (excluding diaryl/α,β-unsaturated/α-hetero) is 1. The van der Waals surface area contributed by atoms with Crippen LogP contribution < -0.4 is 0 Å². The van der Waals surface area contributed by atoms with Gasteiger partial charge in [-0.1, -0.05) is 13.8 Å². The van der Waals surface area contributed by atoms with Crippen LogP contribution in [0.3, 0.4) is 0 Å². The van der Waals surface area contributed by atoms with Crippen molar-refractivity contribution in [3.63, 3.8) is 0 Å². The van der Waals surface area contributed by atoms with Crippen LogP contribution >= 0.6 is 0 Å². The fourth-order valence-electron chi connectivity index (χ4n) is 1.64. The minimum atomic E-state index is -0.929. The Hall–Kier alpha value is -1.71. The largest absolute Gasteiger partial charge is 0.481 e. The fourth-order valence-corrected chi connectivity index (χ4v) is 1.64. The van der Waals surface area contributed by atoms with Gasteiger partial charge in [0.05, 0.1) is 6.42 Å². The Labute approximate surface area is 99.3 Å². The topological polar surface area (TPSA) is 54.4 Å². The average Bonchev–Trinajstić information content (AvgIpc) is 2.15. The number of carboxylic acid groups (broad SMARTS) is 1. The average molecular weight is 238 g/mol. The summed E-state index contributed by atoms with van der Waals surface area (Å²) in [6, 6.07) is 5.26. The molecule has 0 atom stereocenters. The van der Waals surface area contributed by atoms with E-state index in [9.17, 15) is 14.0 Å². The highest BCUT2D eigenvalue weighted by atomic mass is 19.1. The summed E-state index contributed by atoms with van der Waals surface area (Å²) in [4.78, 5) is 22.5. The summed E-state index contributed by atoms with van der Waals surface area (Å²) in [6.45, 7) is 3.45. The van der Waals surface area contributed by atoms with Crippen LogP contribution in [-0.4, -0.2) is 16.9 Å². The summed E-state index contributed by atoms with van der Waals surface area (Å²) < 4.78 is 12.7. The molecule has 0 aromatic heterocycles. The first-order chi connectivity index (χ1) is 7.80. The van der Waals surface area contributed by atoms with E-state index in [1.165, 1.54) is 24.3 Å². The second-order valence-corrected chi connectivity index (χ2v) is 4.84. The van der Waals surface area contributed by atoms with Crippen LogP contribution in [0.4, 0.5) is 4.39 Å². The van der Waals surface area contributed by atoms with Crippen molar-refractivity contribution in [3.05, 3.63) is 35.6 Å². The Bertz CT molecular complexity index is 421. The lowest BCUT2D eigenvalue weighted by atomic mass is 9.82. The number of carbonyl (C=O) groups excluding carboxylic acids is 1. The summed E-state index contributed by atoms with van der Waals surface area (Å²) in [5, 5.41) is 8.71. The van der Waals surface area contributed by atoms with Gasteiger partial charge >= 0.3 is 5.97 Å². The van der Waals surface area contributed by atoms with E-state index < -0.39 is 17.2 Å². The lowest BCUT2D eigenvalue weighted by molar-refractivity contribution is -0.139. The van der Waals surface area contributed by atoms with Crippen LogP contribution in [0, 0.1) is 11.2 Å². The molecule has 0 radical (unpaired) electrons. The molecular weight excluding hydrogens is 223 g/mol. The summed E-state index contributed by atoms with van der Waals surface area (Å²) >= 11 is 0. The van der Waals surface area contributed by atoms with E-state index in [0.29, 0.717) is 5.56 Å². The van der Waals surface area contributed by atoms with E-state index >= 15 is 0 Å². The molecule has 1 aromatic rings. The Morgan fingerprint density at radius 3 is 2.18 bits per heavy atom. The predicted octanol–water partition coefficient (Wildman–Crippen LogP) is 2.90. The molecule has 0 aliphatic carbocycles. The van der Waals surface area contributed by atoms with Crippen LogP contribution in [0.15, 0.2) is 24.3 Å². The highest BCUT2D eigenvalue weighted by molar-refractivity contribution is 5.96. The van der Waals surface area contributed by atoms with Crippen molar-refractivity contribution < 1.29 is 19.1 Å². The molecule has 1 rings (SSSR count). The molecule has 92 valence electrons. The molecule has 0 fully saturated rings. The number of ketones is 1. The first-order valence-corrected chi connectivity index (χ1v) is 5.31. The summed E-state index contributed by atoms with van der Waals surface area (Å²) in [7, 11) is 0. The van der Waals surface area contributed by atoms with E-state index in [-0.39, 0.29) is 18.6 Å². The summed E-state index contributed by atoms with van der Waals surface area (Å²) in [6.07, 6.45) is 0.0604. The van der Waals surface area contributed by atoms with Gasteiger partial charge in [-0.05, 0) is 29.7 Å². The molecule has 0 saturated carbocycles. The first-order valence-electron chi connectivity index (χ1n) is 5.31. The molecule has 0 aliphatic rings. The monoisotopic (exact) mass is 238 g/mol. The zero-order chi connectivity index (χ0) is 13.1. The third kappa shape index (κ3) is 4.34. The van der Waals surface area contributed by atoms with Crippen LogP contribution in [0.5, 0.6) is 0 Å². The van der Waals surface area contributed by atoms with Gasteiger partial charge in [0.15, 0.2) is 5.78 Å². The van der Waals surface area contributed by atoms with E-state index in [2.05, 4.69) is 0 Å². The number of halogens is 1. The SMILES string of the molecule is CC(C)(CC(=O)O)CC(=O)c1ccc(F)cc1. The first kappa shape index (κ1) is 13.4. The smallest absolute Gasteiger partial charge is 0.303 e. The van der Waals surface area contributed by atoms with Crippen LogP contribution in [0.2, 0.25) is 0 Å². The molecule has 0 aliphatic heterocycles. The minimum Gasteiger partial charge on any atom is -0.481 e. The molecule has 0 heterocycles. The maximum atomic E-state index is 12.7. The number of carbonyl (C=O) groups is 2. The van der Waals surface area contributed by atoms with Crippen molar-refractivity contribution in [1.29, 1.82) is 0 Å². The van der Waals surface area contributed by atoms with Crippen molar-refractivity contribution in [2.75, 3.05) is 0 Å². The summed E-state index contributed by atoms with van der Waals surface area (Å²) in [5.74, 6) is -1.50. The highest BCUT2D eigenvalue weighted by Crippen LogP contribution is 2.27. The van der Waals surface area contributed by atoms with E-state index in [1.807, 2.05) is 0 Å². The molecule has 1 N–H and O–H groups in total. The van der Waals surface area contributed by atoms with E-state index in [1.54, 1.807) is 13.8 Å². The Morgan fingerprint density at radius 1 is 1.18 bits per heavy atom. The van der Waals surface area contributed by atoms with Crippen molar-refractivity contribution >= 4 is 11.8 Å². The lowest BCUT2D eigenvalue weighted by Gasteiger charge is -2.21. The number of hydrogen-bond acceptors (Lipinski definition) is 2. The van der Waals surface area contributed by atoms with Gasteiger partial charge in [0, 0.05) is 12.0 Å². The normalized spacial score (nSPS) is 11.2. The number of rotatable bonds is 5. The third-order valence-electron chi connectivity index (χ3n) is 2.44. The highest BCUT2D eigenvalue weighted by Gasteiger charge is 2.25. The van der Waals surface area contributed by atoms with E-state index in [4.69, 9.17) is 5.11 Å². The van der Waals surface area contributed by atoms with Gasteiger partial charge in [-0.25, -0.2) is 4.39 Å². The van der Waals surface area contributed by atoms with Crippen LogP contribution in [0.1, 0.15) is 37.0 Å². The Morgan fingerprint density at radius 2 is 1.71 bits per heavy atom. The Balaban J connectivity index is 2.72. The minimum absolute atomic E-state index is 0.0695. The van der Waals surface area contributed by atoms with Crippen molar-refractivity contribution in [2.45, 2.75) is 26.7 Å². The van der Waals surface area contributed by atoms with Gasteiger partial charge in [0.25, 0.3) is 0 Å². The maximum Gasteiger partial charge on any atom is 0.303 e. The van der Waals surface area contributed by atoms with Crippen molar-refractivity contribution in [1.82, 2.24) is 0 Å². The molecule has 4 heteroatoms. The van der Waals surface area contributed by atoms with Gasteiger partial charge in [0.1, 0.15) is 5.82 Å². The fraction of sp³-hybridized carbons (Fsp3) is 0.385. The summed E-state index contributed by atoms with van der Waals surface area (Å²) in [5.41, 5.74) is -0.193. The van der Waals surface area contributed by atoms with Crippen LogP contribution in [-0.2, 0) is 4.79 Å². The number of aliphatic carboxylic acids is 1. The van der Waals surface area contributed by atoms with Gasteiger partial charge in [-0.15, -0.1) is 0 Å². The number of hydrogen-bond donors (Lipinski definition) is 1. The van der Waals surface area contributed by atoms with Gasteiger partial charge in [-0.3, -0.25) is 9.59 Å². The van der Waals surface area contributed by atoms with Crippen molar-refractivity contribution in [3.8, 4) is 0 Å². The number of carboxylic acids is 1. The molecule has 0 spiro atoms. The van der Waals surface area contributed by atoms with Crippen LogP contribution in [0.25, 0.3) is 0 Å². The molecule has 0 unspecified atom stereocenters. The van der Waals surface area contributed by atoms with Gasteiger partial charge in [-0.2, -0.15) is 0 Å². The molecule has 3 nitrogen and oxygen atoms in total. The lowest BCUT2D eigenvalue weighted by Crippen LogP contribution is -2.21. The molecule has 17 heavy (non-hydrogen) atoms. The second kappa shape index (κ2) is 5.08. The standard InChI is InChI=1S/C13H15FO3/c1-13(2,8-12(16)17)7-11(15)9-3-5-10(14)6-4-9/h3-6H,7-8H2,1-2H3,(H,16,17). The molecule has 1 aromatic carbocycles. The van der Waals surface area contributed by atoms with Crippen molar-refractivity contribution in [2.24, 2.45) is 5.41 Å². The third-order valence-corrected chi connectivity index (χ3v) is 2.44. The second-order valence-electron chi connectivity index (χ2n) is 4.84. The van der Waals surface area contributed by atoms with E-state index in [0.717, 1.165) is 0 Å². The molecule has 0 amide bonds.